The first-order valence-electron chi connectivity index (χ1n) is 8.89. The number of anilines is 2. The zero-order valence-electron chi connectivity index (χ0n) is 16.6. The summed E-state index contributed by atoms with van der Waals surface area (Å²) >= 11 is 1.15. The summed E-state index contributed by atoms with van der Waals surface area (Å²) < 4.78 is 27.2. The van der Waals surface area contributed by atoms with E-state index in [0.29, 0.717) is 16.3 Å². The number of nitrogens with one attached hydrogen (secondary N) is 2. The minimum atomic E-state index is -3.77. The molecule has 1 amide bonds. The average Bonchev–Trinajstić information content (AvgIpc) is 3.05. The SMILES string of the molecule is Cc1nnc(NS(=O)(=O)c2ccc(NC(=O)c3ccc(C(C)(C)C)cc3)cc2)s1. The second-order valence-corrected chi connectivity index (χ2v) is 10.4. The van der Waals surface area contributed by atoms with Crippen molar-refractivity contribution in [1.29, 1.82) is 0 Å². The quantitative estimate of drug-likeness (QED) is 0.632. The van der Waals surface area contributed by atoms with Crippen molar-refractivity contribution in [3.63, 3.8) is 0 Å². The van der Waals surface area contributed by atoms with Gasteiger partial charge in [0.15, 0.2) is 0 Å². The lowest BCUT2D eigenvalue weighted by molar-refractivity contribution is 0.102. The van der Waals surface area contributed by atoms with Crippen LogP contribution < -0.4 is 10.0 Å². The lowest BCUT2D eigenvalue weighted by Crippen LogP contribution is -2.15. The van der Waals surface area contributed by atoms with Crippen LogP contribution in [0.5, 0.6) is 0 Å². The first-order chi connectivity index (χ1) is 13.5. The fourth-order valence-electron chi connectivity index (χ4n) is 2.55. The Morgan fingerprint density at radius 3 is 2.10 bits per heavy atom. The first kappa shape index (κ1) is 20.9. The van der Waals surface area contributed by atoms with Crippen LogP contribution in [0.2, 0.25) is 0 Å². The number of hydrogen-bond donors (Lipinski definition) is 2. The summed E-state index contributed by atoms with van der Waals surface area (Å²) in [5.74, 6) is -0.261. The fourth-order valence-corrected chi connectivity index (χ4v) is 4.38. The van der Waals surface area contributed by atoms with Crippen LogP contribution in [0.4, 0.5) is 10.8 Å². The van der Waals surface area contributed by atoms with Gasteiger partial charge < -0.3 is 5.32 Å². The maximum absolute atomic E-state index is 12.4. The Labute approximate surface area is 174 Å². The van der Waals surface area contributed by atoms with Crippen molar-refractivity contribution in [2.24, 2.45) is 0 Å². The van der Waals surface area contributed by atoms with Crippen LogP contribution in [-0.4, -0.2) is 24.5 Å². The summed E-state index contributed by atoms with van der Waals surface area (Å²) in [5, 5.41) is 11.2. The van der Waals surface area contributed by atoms with Crippen LogP contribution in [-0.2, 0) is 15.4 Å². The van der Waals surface area contributed by atoms with E-state index in [1.807, 2.05) is 12.1 Å². The van der Waals surface area contributed by atoms with E-state index in [1.165, 1.54) is 12.1 Å². The Balaban J connectivity index is 1.69. The highest BCUT2D eigenvalue weighted by Crippen LogP contribution is 2.23. The molecule has 0 saturated carbocycles. The number of hydrogen-bond acceptors (Lipinski definition) is 6. The van der Waals surface area contributed by atoms with Crippen molar-refractivity contribution >= 4 is 38.1 Å². The van der Waals surface area contributed by atoms with Crippen molar-refractivity contribution in [1.82, 2.24) is 10.2 Å². The number of aryl methyl sites for hydroxylation is 1. The van der Waals surface area contributed by atoms with Gasteiger partial charge in [-0.05, 0) is 54.3 Å². The molecule has 2 N–H and O–H groups in total. The average molecular weight is 431 g/mol. The van der Waals surface area contributed by atoms with Gasteiger partial charge in [-0.3, -0.25) is 9.52 Å². The third-order valence-electron chi connectivity index (χ3n) is 4.18. The number of rotatable bonds is 5. The van der Waals surface area contributed by atoms with E-state index in [1.54, 1.807) is 31.2 Å². The highest BCUT2D eigenvalue weighted by atomic mass is 32.2. The lowest BCUT2D eigenvalue weighted by Gasteiger charge is -2.19. The molecule has 0 spiro atoms. The molecule has 7 nitrogen and oxygen atoms in total. The zero-order valence-corrected chi connectivity index (χ0v) is 18.2. The zero-order chi connectivity index (χ0) is 21.2. The van der Waals surface area contributed by atoms with Gasteiger partial charge in [-0.15, -0.1) is 10.2 Å². The van der Waals surface area contributed by atoms with Gasteiger partial charge in [0.1, 0.15) is 5.01 Å². The fraction of sp³-hybridized carbons (Fsp3) is 0.250. The molecule has 0 atom stereocenters. The molecule has 3 rings (SSSR count). The first-order valence-corrected chi connectivity index (χ1v) is 11.2. The molecule has 1 aromatic heterocycles. The smallest absolute Gasteiger partial charge is 0.263 e. The number of sulfonamides is 1. The minimum absolute atomic E-state index is 0.0117. The van der Waals surface area contributed by atoms with Crippen molar-refractivity contribution in [3.8, 4) is 0 Å². The van der Waals surface area contributed by atoms with E-state index in [0.717, 1.165) is 16.9 Å². The maximum atomic E-state index is 12.4. The van der Waals surface area contributed by atoms with E-state index < -0.39 is 10.0 Å². The summed E-state index contributed by atoms with van der Waals surface area (Å²) in [7, 11) is -3.77. The number of nitrogens with zero attached hydrogens (tertiary/aromatic N) is 2. The van der Waals surface area contributed by atoms with Crippen LogP contribution in [0.25, 0.3) is 0 Å². The van der Waals surface area contributed by atoms with Gasteiger partial charge in [0.25, 0.3) is 15.9 Å². The largest absolute Gasteiger partial charge is 0.322 e. The summed E-state index contributed by atoms with van der Waals surface area (Å²) in [5.41, 5.74) is 2.18. The van der Waals surface area contributed by atoms with Gasteiger partial charge in [-0.25, -0.2) is 8.42 Å². The summed E-state index contributed by atoms with van der Waals surface area (Å²) in [4.78, 5) is 12.5. The van der Waals surface area contributed by atoms with E-state index in [4.69, 9.17) is 0 Å². The highest BCUT2D eigenvalue weighted by molar-refractivity contribution is 7.93. The molecular weight excluding hydrogens is 408 g/mol. The van der Waals surface area contributed by atoms with Gasteiger partial charge in [0, 0.05) is 11.3 Å². The molecule has 0 fully saturated rings. The van der Waals surface area contributed by atoms with Gasteiger partial charge in [0.2, 0.25) is 5.13 Å². The van der Waals surface area contributed by atoms with Crippen LogP contribution in [0.1, 0.15) is 41.7 Å². The number of benzene rings is 2. The van der Waals surface area contributed by atoms with E-state index in [9.17, 15) is 13.2 Å². The molecule has 29 heavy (non-hydrogen) atoms. The monoisotopic (exact) mass is 430 g/mol. The Kier molecular flexibility index (Phi) is 5.72. The predicted molar refractivity (Wildman–Crippen MR) is 115 cm³/mol. The van der Waals surface area contributed by atoms with E-state index in [2.05, 4.69) is 41.0 Å². The number of carbonyl (C=O) groups is 1. The Hall–Kier alpha value is -2.78. The molecule has 3 aromatic rings. The van der Waals surface area contributed by atoms with Gasteiger partial charge in [-0.2, -0.15) is 0 Å². The lowest BCUT2D eigenvalue weighted by atomic mass is 9.87. The summed E-state index contributed by atoms with van der Waals surface area (Å²) in [6, 6.07) is 13.4. The molecule has 0 radical (unpaired) electrons. The number of amides is 1. The predicted octanol–water partition coefficient (Wildman–Crippen LogP) is 4.20. The molecule has 0 unspecified atom stereocenters. The van der Waals surface area contributed by atoms with Gasteiger partial charge in [-0.1, -0.05) is 44.2 Å². The molecule has 0 aliphatic carbocycles. The van der Waals surface area contributed by atoms with Gasteiger partial charge in [0.05, 0.1) is 4.90 Å². The molecule has 2 aromatic carbocycles. The van der Waals surface area contributed by atoms with Crippen molar-refractivity contribution in [2.45, 2.75) is 38.0 Å². The standard InChI is InChI=1S/C20H22N4O3S2/c1-13-22-23-19(28-13)24-29(26,27)17-11-9-16(10-12-17)21-18(25)14-5-7-15(8-6-14)20(2,3)4/h5-12H,1-4H3,(H,21,25)(H,23,24). The molecule has 0 aliphatic rings. The van der Waals surface area contributed by atoms with Crippen molar-refractivity contribution in [2.75, 3.05) is 10.0 Å². The van der Waals surface area contributed by atoms with Gasteiger partial charge >= 0.3 is 0 Å². The van der Waals surface area contributed by atoms with Crippen LogP contribution in [0.3, 0.4) is 0 Å². The van der Waals surface area contributed by atoms with E-state index in [-0.39, 0.29) is 21.3 Å². The normalized spacial score (nSPS) is 11.9. The van der Waals surface area contributed by atoms with Crippen molar-refractivity contribution in [3.05, 3.63) is 64.7 Å². The summed E-state index contributed by atoms with van der Waals surface area (Å²) in [6.45, 7) is 8.07. The Morgan fingerprint density at radius 1 is 0.966 bits per heavy atom. The third kappa shape index (κ3) is 5.18. The summed E-state index contributed by atoms with van der Waals surface area (Å²) in [6.07, 6.45) is 0. The van der Waals surface area contributed by atoms with Crippen molar-refractivity contribution < 1.29 is 13.2 Å². The topological polar surface area (TPSA) is 101 Å². The molecule has 9 heteroatoms. The van der Waals surface area contributed by atoms with E-state index >= 15 is 0 Å². The molecule has 152 valence electrons. The number of aromatic nitrogens is 2. The Morgan fingerprint density at radius 2 is 1.59 bits per heavy atom. The molecule has 1 heterocycles. The highest BCUT2D eigenvalue weighted by Gasteiger charge is 2.17. The third-order valence-corrected chi connectivity index (χ3v) is 6.42. The van der Waals surface area contributed by atoms with Crippen LogP contribution in [0.15, 0.2) is 53.4 Å². The molecule has 0 bridgehead atoms. The minimum Gasteiger partial charge on any atom is -0.322 e. The van der Waals surface area contributed by atoms with Crippen LogP contribution >= 0.6 is 11.3 Å². The molecular formula is C20H22N4O3S2. The molecule has 0 saturated heterocycles. The number of carbonyl (C=O) groups excluding carboxylic acids is 1. The Bertz CT molecular complexity index is 1110. The maximum Gasteiger partial charge on any atom is 0.263 e. The molecule has 0 aliphatic heterocycles. The van der Waals surface area contributed by atoms with Crippen LogP contribution in [0, 0.1) is 6.92 Å². The second kappa shape index (κ2) is 7.92. The second-order valence-electron chi connectivity index (χ2n) is 7.54.